The van der Waals surface area contributed by atoms with Gasteiger partial charge in [-0.1, -0.05) is 0 Å². The Labute approximate surface area is 118 Å². The highest BCUT2D eigenvalue weighted by Gasteiger charge is 2.23. The fourth-order valence-corrected chi connectivity index (χ4v) is 2.85. The van der Waals surface area contributed by atoms with Crippen LogP contribution in [0.2, 0.25) is 0 Å². The second-order valence-corrected chi connectivity index (χ2v) is 7.45. The highest BCUT2D eigenvalue weighted by Crippen LogP contribution is 2.11. The number of imidazole rings is 2. The molecule has 0 spiro atoms. The van der Waals surface area contributed by atoms with E-state index in [9.17, 15) is 8.42 Å². The largest absolute Gasteiger partial charge is 0.347 e. The van der Waals surface area contributed by atoms with Crippen molar-refractivity contribution >= 4 is 10.0 Å². The van der Waals surface area contributed by atoms with Crippen molar-refractivity contribution in [3.8, 4) is 0 Å². The van der Waals surface area contributed by atoms with E-state index in [4.69, 9.17) is 0 Å². The van der Waals surface area contributed by atoms with E-state index in [1.165, 1.54) is 4.31 Å². The summed E-state index contributed by atoms with van der Waals surface area (Å²) < 4.78 is 27.3. The van der Waals surface area contributed by atoms with Gasteiger partial charge in [-0.05, 0) is 13.8 Å². The van der Waals surface area contributed by atoms with Crippen LogP contribution in [0.4, 0.5) is 0 Å². The van der Waals surface area contributed by atoms with Crippen molar-refractivity contribution in [2.45, 2.75) is 32.2 Å². The van der Waals surface area contributed by atoms with Crippen molar-refractivity contribution in [1.29, 1.82) is 0 Å². The molecule has 0 saturated carbocycles. The molecular formula is C12H19N5O2S. The standard InChI is InChI=1S/C12H19N5O2S/c1-10(2)20(18,19)16(3)9-12-15-6-7-17(12)8-11-13-4-5-14-11/h4-7,10H,8-9H2,1-3H3,(H,13,14). The summed E-state index contributed by atoms with van der Waals surface area (Å²) in [7, 11) is -1.70. The Kier molecular flexibility index (Phi) is 4.24. The molecule has 2 aromatic rings. The van der Waals surface area contributed by atoms with Crippen LogP contribution in [0.15, 0.2) is 24.8 Å². The van der Waals surface area contributed by atoms with Gasteiger partial charge in [0.25, 0.3) is 0 Å². The summed E-state index contributed by atoms with van der Waals surface area (Å²) >= 11 is 0. The Bertz CT molecular complexity index is 645. The first-order chi connectivity index (χ1) is 9.41. The zero-order chi connectivity index (χ0) is 14.8. The van der Waals surface area contributed by atoms with Crippen molar-refractivity contribution in [3.63, 3.8) is 0 Å². The number of H-pyrrole nitrogens is 1. The summed E-state index contributed by atoms with van der Waals surface area (Å²) in [5.41, 5.74) is 0. The molecule has 0 atom stereocenters. The van der Waals surface area contributed by atoms with E-state index < -0.39 is 15.3 Å². The lowest BCUT2D eigenvalue weighted by molar-refractivity contribution is 0.442. The summed E-state index contributed by atoms with van der Waals surface area (Å²) in [5.74, 6) is 1.49. The maximum Gasteiger partial charge on any atom is 0.216 e. The molecule has 8 heteroatoms. The van der Waals surface area contributed by atoms with Crippen molar-refractivity contribution in [2.75, 3.05) is 7.05 Å². The minimum Gasteiger partial charge on any atom is -0.347 e. The van der Waals surface area contributed by atoms with Gasteiger partial charge in [0.15, 0.2) is 0 Å². The average molecular weight is 297 g/mol. The molecule has 0 bridgehead atoms. The van der Waals surface area contributed by atoms with Crippen LogP contribution in [0, 0.1) is 0 Å². The number of hydrogen-bond donors (Lipinski definition) is 1. The molecule has 0 aromatic carbocycles. The summed E-state index contributed by atoms with van der Waals surface area (Å²) in [6.07, 6.45) is 6.91. The smallest absolute Gasteiger partial charge is 0.216 e. The van der Waals surface area contributed by atoms with Gasteiger partial charge in [-0.15, -0.1) is 0 Å². The number of sulfonamides is 1. The van der Waals surface area contributed by atoms with E-state index in [1.54, 1.807) is 39.5 Å². The maximum atomic E-state index is 12.1. The topological polar surface area (TPSA) is 83.9 Å². The summed E-state index contributed by atoms with van der Waals surface area (Å²) in [6.45, 7) is 4.12. The highest BCUT2D eigenvalue weighted by molar-refractivity contribution is 7.89. The number of aromatic nitrogens is 4. The lowest BCUT2D eigenvalue weighted by Crippen LogP contribution is -2.33. The molecule has 0 aliphatic rings. The summed E-state index contributed by atoms with van der Waals surface area (Å²) in [5, 5.41) is -0.444. The Morgan fingerprint density at radius 3 is 2.70 bits per heavy atom. The molecule has 2 rings (SSSR count). The number of nitrogens with one attached hydrogen (secondary N) is 1. The third-order valence-electron chi connectivity index (χ3n) is 3.07. The lowest BCUT2D eigenvalue weighted by Gasteiger charge is -2.19. The van der Waals surface area contributed by atoms with Crippen LogP contribution >= 0.6 is 0 Å². The normalized spacial score (nSPS) is 12.4. The van der Waals surface area contributed by atoms with Crippen molar-refractivity contribution in [3.05, 3.63) is 36.4 Å². The third-order valence-corrected chi connectivity index (χ3v) is 5.26. The molecule has 0 saturated heterocycles. The van der Waals surface area contributed by atoms with Crippen molar-refractivity contribution < 1.29 is 8.42 Å². The Hall–Kier alpha value is -1.67. The molecule has 20 heavy (non-hydrogen) atoms. The number of aromatic amines is 1. The minimum atomic E-state index is -3.28. The van der Waals surface area contributed by atoms with Crippen LogP contribution in [0.25, 0.3) is 0 Å². The van der Waals surface area contributed by atoms with E-state index >= 15 is 0 Å². The van der Waals surface area contributed by atoms with Gasteiger partial charge in [0.2, 0.25) is 10.0 Å². The average Bonchev–Trinajstić information content (AvgIpc) is 3.02. The van der Waals surface area contributed by atoms with E-state index in [-0.39, 0.29) is 6.54 Å². The van der Waals surface area contributed by atoms with E-state index in [2.05, 4.69) is 15.0 Å². The summed E-state index contributed by atoms with van der Waals surface area (Å²) in [6, 6.07) is 0. The van der Waals surface area contributed by atoms with Gasteiger partial charge in [0.05, 0.1) is 18.3 Å². The van der Waals surface area contributed by atoms with Gasteiger partial charge in [-0.2, -0.15) is 4.31 Å². The predicted molar refractivity (Wildman–Crippen MR) is 75.4 cm³/mol. The Balaban J connectivity index is 2.13. The van der Waals surface area contributed by atoms with E-state index in [1.807, 2.05) is 10.8 Å². The number of hydrogen-bond acceptors (Lipinski definition) is 4. The Morgan fingerprint density at radius 1 is 1.35 bits per heavy atom. The molecule has 0 unspecified atom stereocenters. The van der Waals surface area contributed by atoms with Gasteiger partial charge < -0.3 is 9.55 Å². The number of nitrogens with zero attached hydrogens (tertiary/aromatic N) is 4. The van der Waals surface area contributed by atoms with Crippen molar-refractivity contribution in [2.24, 2.45) is 0 Å². The monoisotopic (exact) mass is 297 g/mol. The second kappa shape index (κ2) is 5.76. The van der Waals surface area contributed by atoms with Gasteiger partial charge >= 0.3 is 0 Å². The summed E-state index contributed by atoms with van der Waals surface area (Å²) in [4.78, 5) is 11.4. The van der Waals surface area contributed by atoms with Gasteiger partial charge in [-0.3, -0.25) is 0 Å². The van der Waals surface area contributed by atoms with Crippen LogP contribution < -0.4 is 0 Å². The molecule has 7 nitrogen and oxygen atoms in total. The van der Waals surface area contributed by atoms with Crippen LogP contribution in [0.3, 0.4) is 0 Å². The molecule has 110 valence electrons. The molecule has 0 aliphatic carbocycles. The molecule has 0 amide bonds. The fraction of sp³-hybridized carbons (Fsp3) is 0.500. The van der Waals surface area contributed by atoms with E-state index in [0.717, 1.165) is 5.82 Å². The van der Waals surface area contributed by atoms with Gasteiger partial charge in [0, 0.05) is 31.8 Å². The molecule has 2 heterocycles. The second-order valence-electron chi connectivity index (χ2n) is 4.86. The van der Waals surface area contributed by atoms with E-state index in [0.29, 0.717) is 12.4 Å². The molecule has 2 aromatic heterocycles. The minimum absolute atomic E-state index is 0.244. The SMILES string of the molecule is CC(C)S(=O)(=O)N(C)Cc1nccn1Cc1ncc[nH]1. The van der Waals surface area contributed by atoms with Crippen LogP contribution in [-0.2, 0) is 23.1 Å². The quantitative estimate of drug-likeness (QED) is 0.855. The molecule has 0 radical (unpaired) electrons. The first-order valence-electron chi connectivity index (χ1n) is 6.34. The molecule has 0 fully saturated rings. The number of rotatable bonds is 6. The zero-order valence-electron chi connectivity index (χ0n) is 11.8. The van der Waals surface area contributed by atoms with Crippen molar-refractivity contribution in [1.82, 2.24) is 23.8 Å². The van der Waals surface area contributed by atoms with Gasteiger partial charge in [0.1, 0.15) is 11.6 Å². The third kappa shape index (κ3) is 3.07. The predicted octanol–water partition coefficient (Wildman–Crippen LogP) is 0.824. The van der Waals surface area contributed by atoms with Crippen LogP contribution in [0.5, 0.6) is 0 Å². The van der Waals surface area contributed by atoms with Crippen LogP contribution in [-0.4, -0.2) is 44.5 Å². The zero-order valence-corrected chi connectivity index (χ0v) is 12.6. The first kappa shape index (κ1) is 14.7. The molecule has 1 N–H and O–H groups in total. The van der Waals surface area contributed by atoms with Crippen LogP contribution in [0.1, 0.15) is 25.5 Å². The molecular weight excluding hydrogens is 278 g/mol. The maximum absolute atomic E-state index is 12.1. The highest BCUT2D eigenvalue weighted by atomic mass is 32.2. The van der Waals surface area contributed by atoms with Gasteiger partial charge in [-0.25, -0.2) is 18.4 Å². The first-order valence-corrected chi connectivity index (χ1v) is 7.85. The lowest BCUT2D eigenvalue weighted by atomic mass is 10.5. The fourth-order valence-electron chi connectivity index (χ4n) is 1.83. The Morgan fingerprint density at radius 2 is 2.10 bits per heavy atom. The molecule has 0 aliphatic heterocycles.